The topological polar surface area (TPSA) is 261 Å². The molecule has 0 spiro atoms. The van der Waals surface area contributed by atoms with Crippen molar-refractivity contribution < 1.29 is 49.8 Å². The van der Waals surface area contributed by atoms with Gasteiger partial charge >= 0.3 is 5.69 Å². The van der Waals surface area contributed by atoms with Crippen molar-refractivity contribution in [2.75, 3.05) is 12.3 Å². The summed E-state index contributed by atoms with van der Waals surface area (Å²) >= 11 is 0. The lowest BCUT2D eigenvalue weighted by Gasteiger charge is -2.22. The normalized spacial score (nSPS) is 23.1. The van der Waals surface area contributed by atoms with Gasteiger partial charge in [-0.15, -0.1) is 0 Å². The lowest BCUT2D eigenvalue weighted by atomic mass is 10.1. The maximum atomic E-state index is 11.5. The second-order valence-electron chi connectivity index (χ2n) is 8.32. The molecule has 2 heterocycles. The number of ether oxygens (including phenoxy) is 2. The molecular weight excluding hydrogens is 512 g/mol. The van der Waals surface area contributed by atoms with Crippen LogP contribution in [-0.2, 0) is 20.9 Å². The van der Waals surface area contributed by atoms with Gasteiger partial charge in [0.05, 0.1) is 29.8 Å². The summed E-state index contributed by atoms with van der Waals surface area (Å²) in [5, 5.41) is 67.6. The molecule has 0 amide bonds. The van der Waals surface area contributed by atoms with Gasteiger partial charge < -0.3 is 45.8 Å². The first-order valence-corrected chi connectivity index (χ1v) is 11.2. The molecule has 8 N–H and O–H groups in total. The monoisotopic (exact) mass is 542 g/mol. The highest BCUT2D eigenvalue weighted by molar-refractivity contribution is 5.76. The molecule has 1 fully saturated rings. The van der Waals surface area contributed by atoms with Crippen molar-refractivity contribution in [3.05, 3.63) is 62.7 Å². The maximum Gasteiger partial charge on any atom is 0.351 e. The van der Waals surface area contributed by atoms with Crippen molar-refractivity contribution in [1.82, 2.24) is 9.55 Å². The SMILES string of the molecule is CC(=O)CC(O)C(O)C(O)OCc1ccccc1[N+](=O)[O-].Nc1ccn([C@@H]2O[C@H](CO)[C@@H](O)[C@H]2O)c(=O)n1. The molecule has 7 atom stereocenters. The van der Waals surface area contributed by atoms with E-state index in [0.29, 0.717) is 0 Å². The van der Waals surface area contributed by atoms with Crippen molar-refractivity contribution in [3.63, 3.8) is 0 Å². The number of benzene rings is 1. The lowest BCUT2D eigenvalue weighted by molar-refractivity contribution is -0.386. The standard InChI is InChI=1S/C13H17NO7.C9H13N3O5/c1-8(15)6-11(16)12(17)13(18)21-7-9-4-2-3-5-10(9)14(19)20;10-5-1-2-12(9(16)11-5)8-7(15)6(14)4(3-13)17-8/h2-5,11-13,16-18H,6-7H2,1H3;1-2,4,6-8,13-15H,3H2,(H2,10,11,16)/t;4-,6-,7-,8-/m.1/s1. The minimum Gasteiger partial charge on any atom is -0.394 e. The molecule has 1 aliphatic rings. The summed E-state index contributed by atoms with van der Waals surface area (Å²) in [5.41, 5.74) is 4.67. The molecule has 38 heavy (non-hydrogen) atoms. The minimum absolute atomic E-state index is 0.0537. The number of aromatic nitrogens is 2. The van der Waals surface area contributed by atoms with E-state index in [4.69, 9.17) is 20.3 Å². The highest BCUT2D eigenvalue weighted by Gasteiger charge is 2.43. The average Bonchev–Trinajstić information content (AvgIpc) is 3.15. The smallest absolute Gasteiger partial charge is 0.351 e. The van der Waals surface area contributed by atoms with Crippen LogP contribution in [-0.4, -0.2) is 94.3 Å². The predicted octanol–water partition coefficient (Wildman–Crippen LogP) is -2.43. The molecule has 0 aliphatic carbocycles. The predicted molar refractivity (Wildman–Crippen MR) is 127 cm³/mol. The van der Waals surface area contributed by atoms with E-state index >= 15 is 0 Å². The van der Waals surface area contributed by atoms with Crippen LogP contribution >= 0.6 is 0 Å². The zero-order valence-electron chi connectivity index (χ0n) is 20.2. The molecule has 0 radical (unpaired) electrons. The Morgan fingerprint density at radius 2 is 1.89 bits per heavy atom. The Morgan fingerprint density at radius 1 is 1.24 bits per heavy atom. The number of aliphatic hydroxyl groups is 6. The molecule has 1 saturated heterocycles. The fourth-order valence-electron chi connectivity index (χ4n) is 3.42. The zero-order valence-corrected chi connectivity index (χ0v) is 20.2. The summed E-state index contributed by atoms with van der Waals surface area (Å²) in [5.74, 6) is -0.301. The number of hydrogen-bond acceptors (Lipinski definition) is 14. The van der Waals surface area contributed by atoms with Gasteiger partial charge in [0.1, 0.15) is 36.0 Å². The highest BCUT2D eigenvalue weighted by Crippen LogP contribution is 2.28. The van der Waals surface area contributed by atoms with Crippen LogP contribution in [0.2, 0.25) is 0 Å². The van der Waals surface area contributed by atoms with Crippen molar-refractivity contribution >= 4 is 17.3 Å². The summed E-state index contributed by atoms with van der Waals surface area (Å²) in [6.07, 6.45) is -8.51. The van der Waals surface area contributed by atoms with E-state index in [9.17, 15) is 45.2 Å². The van der Waals surface area contributed by atoms with E-state index in [2.05, 4.69) is 4.98 Å². The van der Waals surface area contributed by atoms with E-state index in [0.717, 1.165) is 4.57 Å². The molecule has 3 rings (SSSR count). The second-order valence-corrected chi connectivity index (χ2v) is 8.32. The number of carbonyl (C=O) groups excluding carboxylic acids is 1. The molecule has 1 aliphatic heterocycles. The largest absolute Gasteiger partial charge is 0.394 e. The van der Waals surface area contributed by atoms with Crippen molar-refractivity contribution in [2.24, 2.45) is 0 Å². The number of nitrogens with zero attached hydrogens (tertiary/aromatic N) is 3. The number of nitrogens with two attached hydrogens (primary N) is 1. The number of carbonyl (C=O) groups is 1. The third-order valence-electron chi connectivity index (χ3n) is 5.42. The van der Waals surface area contributed by atoms with Crippen molar-refractivity contribution in [3.8, 4) is 0 Å². The number of nitro benzene ring substituents is 1. The summed E-state index contributed by atoms with van der Waals surface area (Å²) < 4.78 is 11.1. The van der Waals surface area contributed by atoms with Gasteiger partial charge in [-0.05, 0) is 19.1 Å². The molecule has 2 aromatic rings. The fraction of sp³-hybridized carbons (Fsp3) is 0.500. The van der Waals surface area contributed by atoms with Gasteiger partial charge in [0.15, 0.2) is 12.5 Å². The Balaban J connectivity index is 0.000000272. The van der Waals surface area contributed by atoms with Crippen LogP contribution in [0.25, 0.3) is 0 Å². The number of nitrogen functional groups attached to an aromatic ring is 1. The van der Waals surface area contributed by atoms with Crippen LogP contribution in [0.5, 0.6) is 0 Å². The second kappa shape index (κ2) is 14.0. The van der Waals surface area contributed by atoms with E-state index in [1.165, 1.54) is 37.4 Å². The molecule has 1 aromatic heterocycles. The Bertz CT molecular complexity index is 1150. The van der Waals surface area contributed by atoms with Gasteiger partial charge in [0.2, 0.25) is 0 Å². The molecule has 0 bridgehead atoms. The molecule has 3 unspecified atom stereocenters. The Labute approximate surface area is 215 Å². The number of anilines is 1. The maximum absolute atomic E-state index is 11.5. The van der Waals surface area contributed by atoms with Gasteiger partial charge in [-0.3, -0.25) is 19.5 Å². The number of nitro groups is 1. The number of Topliss-reactive ketones (excluding diaryl/α,β-unsaturated/α-hetero) is 1. The van der Waals surface area contributed by atoms with Crippen LogP contribution in [0.15, 0.2) is 41.3 Å². The van der Waals surface area contributed by atoms with Gasteiger partial charge in [-0.2, -0.15) is 4.98 Å². The summed E-state index contributed by atoms with van der Waals surface area (Å²) in [6, 6.07) is 7.16. The van der Waals surface area contributed by atoms with Crippen LogP contribution in [0.1, 0.15) is 25.1 Å². The Morgan fingerprint density at radius 3 is 2.45 bits per heavy atom. The van der Waals surface area contributed by atoms with Crippen LogP contribution in [0.4, 0.5) is 11.5 Å². The quantitative estimate of drug-likeness (QED) is 0.0935. The van der Waals surface area contributed by atoms with Crippen LogP contribution in [0, 0.1) is 10.1 Å². The molecule has 16 heteroatoms. The van der Waals surface area contributed by atoms with E-state index in [1.807, 2.05) is 0 Å². The molecule has 16 nitrogen and oxygen atoms in total. The van der Waals surface area contributed by atoms with Crippen molar-refractivity contribution in [1.29, 1.82) is 0 Å². The number of hydrogen-bond donors (Lipinski definition) is 7. The third-order valence-corrected chi connectivity index (χ3v) is 5.42. The number of ketones is 1. The Hall–Kier alpha value is -3.35. The molecule has 0 saturated carbocycles. The summed E-state index contributed by atoms with van der Waals surface area (Å²) in [6.45, 7) is 0.463. The zero-order chi connectivity index (χ0) is 28.6. The lowest BCUT2D eigenvalue weighted by Crippen LogP contribution is -2.39. The third kappa shape index (κ3) is 8.07. The first-order valence-electron chi connectivity index (χ1n) is 11.2. The summed E-state index contributed by atoms with van der Waals surface area (Å²) in [4.78, 5) is 36.0. The fourth-order valence-corrected chi connectivity index (χ4v) is 3.42. The van der Waals surface area contributed by atoms with Crippen LogP contribution < -0.4 is 11.4 Å². The number of rotatable bonds is 10. The highest BCUT2D eigenvalue weighted by atomic mass is 16.6. The summed E-state index contributed by atoms with van der Waals surface area (Å²) in [7, 11) is 0. The number of para-hydroxylation sites is 1. The van der Waals surface area contributed by atoms with Crippen LogP contribution in [0.3, 0.4) is 0 Å². The Kier molecular flexibility index (Phi) is 11.4. The first kappa shape index (κ1) is 30.9. The minimum atomic E-state index is -1.76. The average molecular weight is 542 g/mol. The first-order chi connectivity index (χ1) is 17.9. The van der Waals surface area contributed by atoms with E-state index in [-0.39, 0.29) is 35.9 Å². The van der Waals surface area contributed by atoms with Gasteiger partial charge in [-0.25, -0.2) is 4.79 Å². The molecular formula is C22H30N4O12. The number of aliphatic hydroxyl groups excluding tert-OH is 6. The van der Waals surface area contributed by atoms with Gasteiger partial charge in [-0.1, -0.05) is 12.1 Å². The molecule has 1 aromatic carbocycles. The van der Waals surface area contributed by atoms with E-state index in [1.54, 1.807) is 6.07 Å². The van der Waals surface area contributed by atoms with Gasteiger partial charge in [0.25, 0.3) is 5.69 Å². The van der Waals surface area contributed by atoms with Gasteiger partial charge in [0, 0.05) is 18.7 Å². The molecule has 210 valence electrons. The van der Waals surface area contributed by atoms with E-state index < -0.39 is 60.3 Å². The van der Waals surface area contributed by atoms with Crippen molar-refractivity contribution in [2.45, 2.75) is 63.0 Å².